The van der Waals surface area contributed by atoms with Crippen molar-refractivity contribution >= 4 is 51.0 Å². The molecule has 13 heteroatoms. The molecule has 1 fully saturated rings. The fourth-order valence-electron chi connectivity index (χ4n) is 4.91. The zero-order chi connectivity index (χ0) is 34.1. The molecular weight excluding hydrogens is 642 g/mol. The van der Waals surface area contributed by atoms with Gasteiger partial charge in [-0.15, -0.1) is 0 Å². The number of fused-ring (bicyclic) bond motifs is 1. The fraction of sp³-hybridized carbons (Fsp3) is 0.314. The van der Waals surface area contributed by atoms with Gasteiger partial charge in [0.05, 0.1) is 12.6 Å². The number of thioether (sulfide) groups is 1. The Morgan fingerprint density at radius 2 is 1.58 bits per heavy atom. The maximum atomic E-state index is 15.2. The van der Waals surface area contributed by atoms with Crippen LogP contribution in [-0.2, 0) is 14.4 Å². The summed E-state index contributed by atoms with van der Waals surface area (Å²) in [6.45, 7) is 3.41. The van der Waals surface area contributed by atoms with E-state index in [0.717, 1.165) is 31.2 Å². The minimum atomic E-state index is -1.29. The number of pyridine rings is 1. The smallest absolute Gasteiger partial charge is 0.240 e. The first-order chi connectivity index (χ1) is 23.2. The van der Waals surface area contributed by atoms with Crippen molar-refractivity contribution in [2.24, 2.45) is 5.41 Å². The largest absolute Gasteiger partial charge is 0.493 e. The monoisotopic (exact) mass is 678 g/mol. The number of carbonyl (C=O) groups is 3. The average molecular weight is 679 g/mol. The molecule has 5 rings (SSSR count). The Morgan fingerprint density at radius 3 is 2.27 bits per heavy atom. The van der Waals surface area contributed by atoms with Crippen molar-refractivity contribution in [3.8, 4) is 23.0 Å². The van der Waals surface area contributed by atoms with E-state index in [2.05, 4.69) is 20.9 Å². The average Bonchev–Trinajstić information content (AvgIpc) is 3.88. The third-order valence-electron chi connectivity index (χ3n) is 7.71. The van der Waals surface area contributed by atoms with Crippen LogP contribution in [0, 0.1) is 17.0 Å². The molecule has 0 aliphatic heterocycles. The van der Waals surface area contributed by atoms with E-state index in [0.29, 0.717) is 59.8 Å². The van der Waals surface area contributed by atoms with Gasteiger partial charge in [-0.05, 0) is 80.8 Å². The summed E-state index contributed by atoms with van der Waals surface area (Å²) >= 11 is 1.34. The first-order valence-electron chi connectivity index (χ1n) is 15.5. The number of carbonyl (C=O) groups excluding carboxylic acids is 3. The van der Waals surface area contributed by atoms with Gasteiger partial charge in [0.15, 0.2) is 28.2 Å². The van der Waals surface area contributed by atoms with E-state index in [1.165, 1.54) is 55.3 Å². The number of hydrogen-bond acceptors (Lipinski definition) is 9. The maximum absolute atomic E-state index is 15.2. The SMILES string of the molecule is COc1cc2c(Oc3ccc(NC(=O)C4(C(=O)Nc5ccc(F)cc5)CC4)cc3F)ccnc2cc1OCCNCCCCSC(C)=O. The molecule has 1 aliphatic rings. The van der Waals surface area contributed by atoms with Crippen molar-refractivity contribution in [1.82, 2.24) is 10.3 Å². The van der Waals surface area contributed by atoms with Gasteiger partial charge < -0.3 is 30.2 Å². The number of halogens is 2. The number of methoxy groups -OCH3 is 1. The Kier molecular flexibility index (Phi) is 11.5. The number of aromatic nitrogens is 1. The number of rotatable bonds is 16. The molecule has 0 atom stereocenters. The zero-order valence-electron chi connectivity index (χ0n) is 26.6. The van der Waals surface area contributed by atoms with Gasteiger partial charge in [0.25, 0.3) is 0 Å². The molecule has 0 saturated heterocycles. The van der Waals surface area contributed by atoms with Crippen LogP contribution in [0.5, 0.6) is 23.0 Å². The Bertz CT molecular complexity index is 1790. The summed E-state index contributed by atoms with van der Waals surface area (Å²) in [5.74, 6) is -0.210. The van der Waals surface area contributed by atoms with Crippen LogP contribution in [0.2, 0.25) is 0 Å². The summed E-state index contributed by atoms with van der Waals surface area (Å²) in [7, 11) is 1.52. The third kappa shape index (κ3) is 8.78. The van der Waals surface area contributed by atoms with Crippen molar-refractivity contribution in [2.45, 2.75) is 32.6 Å². The molecule has 1 saturated carbocycles. The summed E-state index contributed by atoms with van der Waals surface area (Å²) in [5, 5.41) is 9.30. The van der Waals surface area contributed by atoms with Gasteiger partial charge >= 0.3 is 0 Å². The Morgan fingerprint density at radius 1 is 0.854 bits per heavy atom. The maximum Gasteiger partial charge on any atom is 0.240 e. The Labute approximate surface area is 280 Å². The van der Waals surface area contributed by atoms with Crippen LogP contribution < -0.4 is 30.2 Å². The number of benzene rings is 3. The molecule has 0 radical (unpaired) electrons. The molecule has 1 heterocycles. The predicted molar refractivity (Wildman–Crippen MR) is 181 cm³/mol. The van der Waals surface area contributed by atoms with Crippen LogP contribution in [0.1, 0.15) is 32.6 Å². The second-order valence-electron chi connectivity index (χ2n) is 11.2. The van der Waals surface area contributed by atoms with Crippen LogP contribution in [0.3, 0.4) is 0 Å². The van der Waals surface area contributed by atoms with Crippen molar-refractivity contribution in [3.05, 3.63) is 78.5 Å². The van der Waals surface area contributed by atoms with Crippen LogP contribution in [0.15, 0.2) is 66.9 Å². The summed E-state index contributed by atoms with van der Waals surface area (Å²) in [5.41, 5.74) is -0.201. The molecule has 2 amide bonds. The van der Waals surface area contributed by atoms with Crippen molar-refractivity contribution in [1.29, 1.82) is 0 Å². The molecule has 48 heavy (non-hydrogen) atoms. The van der Waals surface area contributed by atoms with Gasteiger partial charge in [0.1, 0.15) is 23.6 Å². The minimum Gasteiger partial charge on any atom is -0.493 e. The number of nitrogens with one attached hydrogen (secondary N) is 3. The first kappa shape index (κ1) is 34.6. The number of ether oxygens (including phenoxy) is 3. The van der Waals surface area contributed by atoms with Crippen molar-refractivity contribution in [2.75, 3.05) is 43.2 Å². The van der Waals surface area contributed by atoms with E-state index in [1.807, 2.05) is 0 Å². The summed E-state index contributed by atoms with van der Waals surface area (Å²) in [6, 6.07) is 14.3. The van der Waals surface area contributed by atoms with Gasteiger partial charge in [0, 0.05) is 54.3 Å². The van der Waals surface area contributed by atoms with E-state index < -0.39 is 28.9 Å². The van der Waals surface area contributed by atoms with E-state index in [1.54, 1.807) is 31.3 Å². The lowest BCUT2D eigenvalue weighted by molar-refractivity contribution is -0.131. The molecule has 1 aliphatic carbocycles. The molecule has 4 aromatic rings. The van der Waals surface area contributed by atoms with Gasteiger partial charge in [-0.2, -0.15) is 0 Å². The second kappa shape index (κ2) is 15.9. The first-order valence-corrected chi connectivity index (χ1v) is 16.5. The van der Waals surface area contributed by atoms with Crippen LogP contribution >= 0.6 is 11.8 Å². The van der Waals surface area contributed by atoms with E-state index >= 15 is 4.39 Å². The lowest BCUT2D eigenvalue weighted by Gasteiger charge is -2.16. The third-order valence-corrected chi connectivity index (χ3v) is 8.61. The quantitative estimate of drug-likeness (QED) is 0.0876. The summed E-state index contributed by atoms with van der Waals surface area (Å²) < 4.78 is 45.9. The van der Waals surface area contributed by atoms with E-state index in [9.17, 15) is 18.8 Å². The van der Waals surface area contributed by atoms with Gasteiger partial charge in [-0.25, -0.2) is 8.78 Å². The highest BCUT2D eigenvalue weighted by molar-refractivity contribution is 8.13. The standard InChI is InChI=1S/C35H36F2N4O6S/c1-22(42)48-18-4-3-14-38-16-17-46-32-21-28-26(20-31(32)45-2)29(11-15-39-28)47-30-10-9-25(19-27(30)37)41-34(44)35(12-13-35)33(43)40-24-7-5-23(36)6-8-24/h5-11,15,19-21,38H,3-4,12-14,16-18H2,1-2H3,(H,40,43)(H,41,44). The van der Waals surface area contributed by atoms with Crippen molar-refractivity contribution < 1.29 is 37.4 Å². The van der Waals surface area contributed by atoms with E-state index in [-0.39, 0.29) is 16.6 Å². The highest BCUT2D eigenvalue weighted by Crippen LogP contribution is 2.47. The Balaban J connectivity index is 1.18. The molecule has 3 aromatic carbocycles. The predicted octanol–water partition coefficient (Wildman–Crippen LogP) is 6.70. The van der Waals surface area contributed by atoms with Crippen LogP contribution in [0.4, 0.5) is 20.2 Å². The number of anilines is 2. The van der Waals surface area contributed by atoms with E-state index in [4.69, 9.17) is 14.2 Å². The minimum absolute atomic E-state index is 0.0825. The number of amides is 2. The number of unbranched alkanes of at least 4 members (excludes halogenated alkanes) is 1. The van der Waals surface area contributed by atoms with Gasteiger partial charge in [0.2, 0.25) is 11.8 Å². The topological polar surface area (TPSA) is 128 Å². The molecule has 0 bridgehead atoms. The second-order valence-corrected chi connectivity index (χ2v) is 12.5. The highest BCUT2D eigenvalue weighted by atomic mass is 32.2. The normalized spacial score (nSPS) is 13.1. The van der Waals surface area contributed by atoms with Crippen molar-refractivity contribution in [3.63, 3.8) is 0 Å². The summed E-state index contributed by atoms with van der Waals surface area (Å²) in [4.78, 5) is 41.3. The Hall–Kier alpha value is -4.75. The van der Waals surface area contributed by atoms with Crippen LogP contribution in [0.25, 0.3) is 10.9 Å². The number of hydrogen-bond donors (Lipinski definition) is 3. The summed E-state index contributed by atoms with van der Waals surface area (Å²) in [6.07, 6.45) is 4.13. The molecule has 0 unspecified atom stereocenters. The molecule has 1 aromatic heterocycles. The lowest BCUT2D eigenvalue weighted by atomic mass is 10.0. The molecule has 252 valence electrons. The molecule has 3 N–H and O–H groups in total. The molecular formula is C35H36F2N4O6S. The highest BCUT2D eigenvalue weighted by Gasteiger charge is 2.56. The number of nitrogens with zero attached hydrogens (tertiary/aromatic N) is 1. The zero-order valence-corrected chi connectivity index (χ0v) is 27.4. The molecule has 0 spiro atoms. The van der Waals surface area contributed by atoms with Crippen LogP contribution in [-0.4, -0.2) is 54.5 Å². The fourth-order valence-corrected chi connectivity index (χ4v) is 5.55. The molecule has 10 nitrogen and oxygen atoms in total. The lowest BCUT2D eigenvalue weighted by Crippen LogP contribution is -2.35. The van der Waals surface area contributed by atoms with Gasteiger partial charge in [-0.3, -0.25) is 19.4 Å². The van der Waals surface area contributed by atoms with Gasteiger partial charge in [-0.1, -0.05) is 11.8 Å².